The highest BCUT2D eigenvalue weighted by Gasteiger charge is 2.43. The van der Waals surface area contributed by atoms with E-state index < -0.39 is 0 Å². The molecule has 1 atom stereocenters. The summed E-state index contributed by atoms with van der Waals surface area (Å²) in [5.41, 5.74) is 1.33. The van der Waals surface area contributed by atoms with Gasteiger partial charge in [0.1, 0.15) is 0 Å². The molecule has 0 aromatic carbocycles. The summed E-state index contributed by atoms with van der Waals surface area (Å²) in [5.74, 6) is 0.171. The van der Waals surface area contributed by atoms with Crippen molar-refractivity contribution in [1.29, 1.82) is 0 Å². The van der Waals surface area contributed by atoms with Crippen LogP contribution in [0.1, 0.15) is 62.0 Å². The van der Waals surface area contributed by atoms with Crippen LogP contribution in [0.15, 0.2) is 6.20 Å². The Bertz CT molecular complexity index is 484. The van der Waals surface area contributed by atoms with Crippen molar-refractivity contribution in [2.24, 2.45) is 7.05 Å². The standard InChI is InChI=1S/C15H25N3O2/c1-10(2)13-12(9-18(4)17-13)14(19)16-11(3)15(20-5)7-6-8-15/h9-11H,6-8H2,1-5H3,(H,16,19). The van der Waals surface area contributed by atoms with Crippen LogP contribution < -0.4 is 5.32 Å². The molecule has 1 aromatic heterocycles. The number of rotatable bonds is 5. The Balaban J connectivity index is 2.12. The lowest BCUT2D eigenvalue weighted by Crippen LogP contribution is -2.56. The average molecular weight is 279 g/mol. The zero-order valence-corrected chi connectivity index (χ0v) is 13.1. The van der Waals surface area contributed by atoms with Gasteiger partial charge in [0.2, 0.25) is 0 Å². The number of nitrogens with zero attached hydrogens (tertiary/aromatic N) is 2. The summed E-state index contributed by atoms with van der Waals surface area (Å²) in [6, 6.07) is 0.00830. The molecule has 2 rings (SSSR count). The Hall–Kier alpha value is -1.36. The van der Waals surface area contributed by atoms with Gasteiger partial charge >= 0.3 is 0 Å². The Morgan fingerprint density at radius 2 is 2.10 bits per heavy atom. The summed E-state index contributed by atoms with van der Waals surface area (Å²) in [7, 11) is 3.57. The Kier molecular flexibility index (Phi) is 4.18. The van der Waals surface area contributed by atoms with Gasteiger partial charge in [-0.25, -0.2) is 0 Å². The van der Waals surface area contributed by atoms with E-state index in [1.54, 1.807) is 18.0 Å². The van der Waals surface area contributed by atoms with Crippen molar-refractivity contribution in [3.05, 3.63) is 17.5 Å². The van der Waals surface area contributed by atoms with Crippen LogP contribution >= 0.6 is 0 Å². The molecule has 0 aliphatic heterocycles. The lowest BCUT2D eigenvalue weighted by Gasteiger charge is -2.45. The van der Waals surface area contributed by atoms with Crippen molar-refractivity contribution in [3.63, 3.8) is 0 Å². The van der Waals surface area contributed by atoms with Gasteiger partial charge < -0.3 is 10.1 Å². The lowest BCUT2D eigenvalue weighted by molar-refractivity contribution is -0.0919. The van der Waals surface area contributed by atoms with E-state index in [1.165, 1.54) is 0 Å². The maximum atomic E-state index is 12.5. The van der Waals surface area contributed by atoms with Crippen LogP contribution in [-0.4, -0.2) is 34.4 Å². The van der Waals surface area contributed by atoms with Crippen LogP contribution in [0.4, 0.5) is 0 Å². The molecule has 1 saturated carbocycles. The molecule has 0 radical (unpaired) electrons. The zero-order chi connectivity index (χ0) is 14.9. The summed E-state index contributed by atoms with van der Waals surface area (Å²) >= 11 is 0. The Morgan fingerprint density at radius 3 is 2.55 bits per heavy atom. The highest BCUT2D eigenvalue weighted by atomic mass is 16.5. The number of aryl methyl sites for hydroxylation is 1. The van der Waals surface area contributed by atoms with E-state index in [9.17, 15) is 4.79 Å². The van der Waals surface area contributed by atoms with Crippen molar-refractivity contribution < 1.29 is 9.53 Å². The van der Waals surface area contributed by atoms with Gasteiger partial charge in [-0.3, -0.25) is 9.48 Å². The number of methoxy groups -OCH3 is 1. The van der Waals surface area contributed by atoms with Crippen molar-refractivity contribution in [2.45, 2.75) is 57.6 Å². The number of amides is 1. The number of nitrogens with one attached hydrogen (secondary N) is 1. The molecule has 1 N–H and O–H groups in total. The second-order valence-corrected chi connectivity index (χ2v) is 6.07. The first-order valence-electron chi connectivity index (χ1n) is 7.29. The van der Waals surface area contributed by atoms with Crippen LogP contribution in [0.25, 0.3) is 0 Å². The predicted molar refractivity (Wildman–Crippen MR) is 77.8 cm³/mol. The van der Waals surface area contributed by atoms with E-state index in [0.717, 1.165) is 25.0 Å². The molecule has 1 aliphatic carbocycles. The van der Waals surface area contributed by atoms with Gasteiger partial charge in [-0.15, -0.1) is 0 Å². The molecule has 1 unspecified atom stereocenters. The van der Waals surface area contributed by atoms with Gasteiger partial charge in [0.15, 0.2) is 0 Å². The van der Waals surface area contributed by atoms with E-state index in [4.69, 9.17) is 4.74 Å². The quantitative estimate of drug-likeness (QED) is 0.899. The lowest BCUT2D eigenvalue weighted by atomic mass is 9.75. The van der Waals surface area contributed by atoms with Gasteiger partial charge in [-0.05, 0) is 32.1 Å². The second-order valence-electron chi connectivity index (χ2n) is 6.07. The van der Waals surface area contributed by atoms with Gasteiger partial charge in [0.05, 0.1) is 22.9 Å². The highest BCUT2D eigenvalue weighted by Crippen LogP contribution is 2.38. The third-order valence-corrected chi connectivity index (χ3v) is 4.39. The second kappa shape index (κ2) is 5.56. The molecule has 5 heteroatoms. The molecule has 0 bridgehead atoms. The minimum absolute atomic E-state index is 0.00830. The number of ether oxygens (including phenoxy) is 1. The largest absolute Gasteiger partial charge is 0.376 e. The molecule has 0 spiro atoms. The maximum absolute atomic E-state index is 12.5. The molecule has 1 amide bonds. The van der Waals surface area contributed by atoms with Gasteiger partial charge in [0.25, 0.3) is 5.91 Å². The number of hydrogen-bond acceptors (Lipinski definition) is 3. The molecule has 1 aliphatic rings. The van der Waals surface area contributed by atoms with E-state index in [-0.39, 0.29) is 23.5 Å². The van der Waals surface area contributed by atoms with Crippen molar-refractivity contribution >= 4 is 5.91 Å². The summed E-state index contributed by atoms with van der Waals surface area (Å²) in [4.78, 5) is 12.5. The third-order valence-electron chi connectivity index (χ3n) is 4.39. The van der Waals surface area contributed by atoms with Crippen LogP contribution in [0, 0.1) is 0 Å². The summed E-state index contributed by atoms with van der Waals surface area (Å²) in [6.45, 7) is 6.11. The van der Waals surface area contributed by atoms with Gasteiger partial charge in [-0.1, -0.05) is 13.8 Å². The molecular formula is C15H25N3O2. The average Bonchev–Trinajstić information content (AvgIpc) is 2.70. The first kappa shape index (κ1) is 15.0. The fraction of sp³-hybridized carbons (Fsp3) is 0.733. The molecule has 112 valence electrons. The summed E-state index contributed by atoms with van der Waals surface area (Å²) in [5, 5.41) is 7.46. The van der Waals surface area contributed by atoms with Crippen LogP contribution in [0.5, 0.6) is 0 Å². The SMILES string of the molecule is COC1(C(C)NC(=O)c2cn(C)nc2C(C)C)CCC1. The van der Waals surface area contributed by atoms with E-state index in [2.05, 4.69) is 10.4 Å². The first-order chi connectivity index (χ1) is 9.39. The minimum atomic E-state index is -0.185. The van der Waals surface area contributed by atoms with E-state index in [1.807, 2.05) is 27.8 Å². The fourth-order valence-corrected chi connectivity index (χ4v) is 2.85. The number of hydrogen-bond donors (Lipinski definition) is 1. The smallest absolute Gasteiger partial charge is 0.255 e. The maximum Gasteiger partial charge on any atom is 0.255 e. The van der Waals surface area contributed by atoms with Crippen LogP contribution in [0.2, 0.25) is 0 Å². The fourth-order valence-electron chi connectivity index (χ4n) is 2.85. The normalized spacial score (nSPS) is 18.7. The van der Waals surface area contributed by atoms with Crippen molar-refractivity contribution in [3.8, 4) is 0 Å². The minimum Gasteiger partial charge on any atom is -0.376 e. The topological polar surface area (TPSA) is 56.1 Å². The van der Waals surface area contributed by atoms with Gasteiger partial charge in [0, 0.05) is 20.4 Å². The Morgan fingerprint density at radius 1 is 1.45 bits per heavy atom. The van der Waals surface area contributed by atoms with Crippen LogP contribution in [0.3, 0.4) is 0 Å². The summed E-state index contributed by atoms with van der Waals surface area (Å²) < 4.78 is 7.32. The third kappa shape index (κ3) is 2.59. The Labute approximate surface area is 120 Å². The molecule has 1 fully saturated rings. The van der Waals surface area contributed by atoms with Crippen molar-refractivity contribution in [2.75, 3.05) is 7.11 Å². The van der Waals surface area contributed by atoms with E-state index in [0.29, 0.717) is 5.56 Å². The van der Waals surface area contributed by atoms with Crippen molar-refractivity contribution in [1.82, 2.24) is 15.1 Å². The molecule has 0 saturated heterocycles. The van der Waals surface area contributed by atoms with Crippen LogP contribution in [-0.2, 0) is 11.8 Å². The molecule has 20 heavy (non-hydrogen) atoms. The highest BCUT2D eigenvalue weighted by molar-refractivity contribution is 5.95. The number of carbonyl (C=O) groups excluding carboxylic acids is 1. The molecule has 1 aromatic rings. The predicted octanol–water partition coefficient (Wildman–Crippen LogP) is 2.23. The zero-order valence-electron chi connectivity index (χ0n) is 13.1. The molecule has 5 nitrogen and oxygen atoms in total. The molecule has 1 heterocycles. The first-order valence-corrected chi connectivity index (χ1v) is 7.29. The van der Waals surface area contributed by atoms with Gasteiger partial charge in [-0.2, -0.15) is 5.10 Å². The number of carbonyl (C=O) groups is 1. The number of aromatic nitrogens is 2. The monoisotopic (exact) mass is 279 g/mol. The molecular weight excluding hydrogens is 254 g/mol. The summed E-state index contributed by atoms with van der Waals surface area (Å²) in [6.07, 6.45) is 4.97. The van der Waals surface area contributed by atoms with E-state index >= 15 is 0 Å².